The Hall–Kier alpha value is -3.14. The number of nitrogens with zero attached hydrogens (tertiary/aromatic N) is 4. The monoisotopic (exact) mass is 612 g/mol. The van der Waals surface area contributed by atoms with Crippen LogP contribution >= 0.6 is 0 Å². The van der Waals surface area contributed by atoms with Gasteiger partial charge in [-0.3, -0.25) is 0 Å². The zero-order chi connectivity index (χ0) is 24.6. The van der Waals surface area contributed by atoms with Gasteiger partial charge in [0.15, 0.2) is 0 Å². The fourth-order valence-corrected chi connectivity index (χ4v) is 9.11. The van der Waals surface area contributed by atoms with Crippen LogP contribution in [-0.2, 0) is 6.42 Å². The second kappa shape index (κ2) is 9.96. The van der Waals surface area contributed by atoms with Crippen molar-refractivity contribution >= 4 is 40.2 Å². The van der Waals surface area contributed by atoms with Gasteiger partial charge in [-0.15, -0.1) is 0 Å². The summed E-state index contributed by atoms with van der Waals surface area (Å²) in [5.41, 5.74) is 7.21. The zero-order valence-electron chi connectivity index (χ0n) is 20.1. The topological polar surface area (TPSA) is 51.6 Å². The van der Waals surface area contributed by atoms with Crippen LogP contribution in [0.1, 0.15) is 44.8 Å². The Balaban J connectivity index is 1.39. The molecule has 0 N–H and O–H groups in total. The summed E-state index contributed by atoms with van der Waals surface area (Å²) in [5, 5.41) is 12.0. The van der Waals surface area contributed by atoms with Gasteiger partial charge in [-0.2, -0.15) is 0 Å². The van der Waals surface area contributed by atoms with Gasteiger partial charge in [-0.05, 0) is 0 Å². The fraction of sp³-hybridized carbons (Fsp3) is 0.161. The van der Waals surface area contributed by atoms with Crippen LogP contribution in [0, 0.1) is 0 Å². The molecule has 0 amide bonds. The van der Waals surface area contributed by atoms with Crippen molar-refractivity contribution in [3.63, 3.8) is 0 Å². The third-order valence-corrected chi connectivity index (χ3v) is 10.8. The summed E-state index contributed by atoms with van der Waals surface area (Å²) in [5.74, 6) is 0.552. The predicted octanol–water partition coefficient (Wildman–Crippen LogP) is 6.12. The molecular weight excluding hydrogens is 586 g/mol. The Morgan fingerprint density at radius 1 is 0.703 bits per heavy atom. The number of hydrogen-bond donors (Lipinski definition) is 0. The van der Waals surface area contributed by atoms with Crippen molar-refractivity contribution < 1.29 is 0 Å². The molecule has 0 spiro atoms. The van der Waals surface area contributed by atoms with Crippen LogP contribution in [0.15, 0.2) is 97.1 Å². The molecule has 0 saturated carbocycles. The van der Waals surface area contributed by atoms with Gasteiger partial charge in [0.25, 0.3) is 0 Å². The molecule has 2 aromatic heterocycles. The molecule has 4 nitrogen and oxygen atoms in total. The molecule has 1 aliphatic rings. The van der Waals surface area contributed by atoms with Crippen molar-refractivity contribution in [3.05, 3.63) is 117 Å². The van der Waals surface area contributed by atoms with E-state index in [-0.39, 0.29) is 35.4 Å². The van der Waals surface area contributed by atoms with E-state index in [0.29, 0.717) is 5.92 Å². The predicted molar refractivity (Wildman–Crippen MR) is 150 cm³/mol. The third-order valence-electron chi connectivity index (χ3n) is 7.46. The third kappa shape index (κ3) is 4.24. The first-order chi connectivity index (χ1) is 18.4. The van der Waals surface area contributed by atoms with Crippen LogP contribution in [0.2, 0.25) is 0 Å². The van der Waals surface area contributed by atoms with Crippen LogP contribution in [0.3, 0.4) is 0 Å². The first-order valence-corrected chi connectivity index (χ1v) is 15.9. The Bertz CT molecular complexity index is 1690. The van der Waals surface area contributed by atoms with Gasteiger partial charge in [0.05, 0.1) is 0 Å². The summed E-state index contributed by atoms with van der Waals surface area (Å²) in [4.78, 5) is 0. The number of aromatic nitrogens is 4. The van der Waals surface area contributed by atoms with Gasteiger partial charge in [0.1, 0.15) is 0 Å². The van der Waals surface area contributed by atoms with Crippen molar-refractivity contribution in [1.82, 2.24) is 18.4 Å². The standard InChI is InChI=1S/C31H24N4Se2/c1-2-10-21(11-3-1)28(26-15-8-16-27-29(26)32-34-36-27)31-30(33-35-37-31)25-14-7-6-13-24(25)23-18-17-20-9-4-5-12-22(20)19-23/h1-7,9-14,17-19,26,28H,8,15-16H2/t26-,28-/m0/s1. The molecule has 0 saturated heterocycles. The maximum atomic E-state index is 4.83. The van der Waals surface area contributed by atoms with Crippen LogP contribution < -0.4 is 0 Å². The minimum absolute atomic E-state index is 0.0502. The van der Waals surface area contributed by atoms with Gasteiger partial charge in [0.2, 0.25) is 0 Å². The van der Waals surface area contributed by atoms with E-state index in [1.807, 2.05) is 0 Å². The van der Waals surface area contributed by atoms with Crippen molar-refractivity contribution in [3.8, 4) is 22.4 Å². The van der Waals surface area contributed by atoms with Crippen LogP contribution in [0.25, 0.3) is 33.2 Å². The second-order valence-corrected chi connectivity index (χ2v) is 13.0. The molecule has 1 aliphatic carbocycles. The van der Waals surface area contributed by atoms with E-state index in [1.54, 1.807) is 0 Å². The molecule has 6 heteroatoms. The van der Waals surface area contributed by atoms with Gasteiger partial charge >= 0.3 is 229 Å². The van der Waals surface area contributed by atoms with E-state index >= 15 is 0 Å². The van der Waals surface area contributed by atoms with E-state index in [0.717, 1.165) is 18.5 Å². The molecule has 0 radical (unpaired) electrons. The van der Waals surface area contributed by atoms with Gasteiger partial charge in [-0.1, -0.05) is 0 Å². The molecule has 6 aromatic rings. The molecule has 0 aliphatic heterocycles. The molecule has 180 valence electrons. The van der Waals surface area contributed by atoms with E-state index in [9.17, 15) is 0 Å². The van der Waals surface area contributed by atoms with Crippen LogP contribution in [-0.4, -0.2) is 47.9 Å². The van der Waals surface area contributed by atoms with E-state index in [2.05, 4.69) is 105 Å². The van der Waals surface area contributed by atoms with Crippen molar-refractivity contribution in [2.45, 2.75) is 31.1 Å². The average molecular weight is 610 g/mol. The average Bonchev–Trinajstić information content (AvgIpc) is 3.64. The van der Waals surface area contributed by atoms with Gasteiger partial charge in [-0.25, -0.2) is 0 Å². The SMILES string of the molecule is c1ccc([C@H](c2[se]nnc2-c2ccccc2-c2ccc3ccccc3c2)[C@@H]2CCCc3[se]nnc32)cc1. The number of benzene rings is 4. The van der Waals surface area contributed by atoms with E-state index in [1.165, 1.54) is 54.0 Å². The summed E-state index contributed by atoms with van der Waals surface area (Å²) >= 11 is 0.121. The maximum absolute atomic E-state index is 4.83. The molecule has 0 fully saturated rings. The number of aryl methyl sites for hydroxylation is 1. The first-order valence-electron chi connectivity index (χ1n) is 12.6. The van der Waals surface area contributed by atoms with E-state index in [4.69, 9.17) is 10.2 Å². The molecular formula is C31H24N4Se2. The van der Waals surface area contributed by atoms with Crippen molar-refractivity contribution in [2.75, 3.05) is 0 Å². The Morgan fingerprint density at radius 2 is 1.46 bits per heavy atom. The van der Waals surface area contributed by atoms with Gasteiger partial charge < -0.3 is 0 Å². The molecule has 0 unspecified atom stereocenters. The van der Waals surface area contributed by atoms with Gasteiger partial charge in [0, 0.05) is 0 Å². The molecule has 2 atom stereocenters. The Morgan fingerprint density at radius 3 is 2.35 bits per heavy atom. The van der Waals surface area contributed by atoms with Crippen LogP contribution in [0.4, 0.5) is 0 Å². The Labute approximate surface area is 228 Å². The van der Waals surface area contributed by atoms with Crippen LogP contribution in [0.5, 0.6) is 0 Å². The minimum atomic E-state index is -0.0502. The fourth-order valence-electron chi connectivity index (χ4n) is 5.73. The Kier molecular flexibility index (Phi) is 6.20. The van der Waals surface area contributed by atoms with E-state index < -0.39 is 0 Å². The zero-order valence-corrected chi connectivity index (χ0v) is 23.5. The summed E-state index contributed by atoms with van der Waals surface area (Å²) in [6.45, 7) is 0. The molecule has 2 heterocycles. The second-order valence-electron chi connectivity index (χ2n) is 9.56. The molecule has 4 aromatic carbocycles. The number of rotatable bonds is 5. The molecule has 0 bridgehead atoms. The van der Waals surface area contributed by atoms with Crippen molar-refractivity contribution in [1.29, 1.82) is 0 Å². The summed E-state index contributed by atoms with van der Waals surface area (Å²) in [7, 11) is 0. The normalized spacial score (nSPS) is 15.9. The number of hydrogen-bond acceptors (Lipinski definition) is 4. The summed E-state index contributed by atoms with van der Waals surface area (Å²) in [6, 6.07) is 34.9. The van der Waals surface area contributed by atoms with Crippen molar-refractivity contribution in [2.24, 2.45) is 0 Å². The summed E-state index contributed by atoms with van der Waals surface area (Å²) in [6.07, 6.45) is 3.49. The summed E-state index contributed by atoms with van der Waals surface area (Å²) < 4.78 is 12.0. The number of fused-ring (bicyclic) bond motifs is 2. The quantitative estimate of drug-likeness (QED) is 0.221. The first kappa shape index (κ1) is 23.0. The molecule has 37 heavy (non-hydrogen) atoms. The molecule has 7 rings (SSSR count).